The number of fused-ring (bicyclic) bond motifs is 1. The van der Waals surface area contributed by atoms with Crippen LogP contribution in [0.25, 0.3) is 0 Å². The number of rotatable bonds is 3. The van der Waals surface area contributed by atoms with E-state index >= 15 is 0 Å². The summed E-state index contributed by atoms with van der Waals surface area (Å²) in [4.78, 5) is 22.5. The maximum Gasteiger partial charge on any atom is 0.277 e. The molecule has 1 amide bonds. The van der Waals surface area contributed by atoms with Crippen LogP contribution in [0.4, 0.5) is 26.0 Å². The van der Waals surface area contributed by atoms with E-state index in [1.54, 1.807) is 4.90 Å². The maximum absolute atomic E-state index is 13.8. The van der Waals surface area contributed by atoms with Crippen molar-refractivity contribution in [3.8, 4) is 0 Å². The first kappa shape index (κ1) is 16.1. The van der Waals surface area contributed by atoms with Gasteiger partial charge in [-0.25, -0.2) is 18.7 Å². The molecule has 4 rings (SSSR count). The van der Waals surface area contributed by atoms with Crippen LogP contribution >= 0.6 is 0 Å². The largest absolute Gasteiger partial charge is 0.338 e. The Balaban J connectivity index is 1.59. The predicted octanol–water partition coefficient (Wildman–Crippen LogP) is 3.70. The molecular formula is C19H14F2N4O. The number of halogens is 2. The molecule has 2 aromatic carbocycles. The lowest BCUT2D eigenvalue weighted by molar-refractivity contribution is 0.0984. The van der Waals surface area contributed by atoms with Crippen LogP contribution < -0.4 is 10.2 Å². The number of nitrogens with zero attached hydrogens (tertiary/aromatic N) is 3. The average molecular weight is 352 g/mol. The van der Waals surface area contributed by atoms with Gasteiger partial charge in [-0.2, -0.15) is 0 Å². The molecule has 1 aliphatic heterocycles. The van der Waals surface area contributed by atoms with Crippen molar-refractivity contribution < 1.29 is 13.6 Å². The van der Waals surface area contributed by atoms with E-state index in [2.05, 4.69) is 15.3 Å². The average Bonchev–Trinajstić information content (AvgIpc) is 3.08. The number of nitrogens with one attached hydrogen (secondary N) is 1. The van der Waals surface area contributed by atoms with Crippen molar-refractivity contribution in [3.05, 3.63) is 77.8 Å². The third kappa shape index (κ3) is 2.99. The zero-order valence-electron chi connectivity index (χ0n) is 13.6. The van der Waals surface area contributed by atoms with Crippen molar-refractivity contribution in [2.45, 2.75) is 6.42 Å². The van der Waals surface area contributed by atoms with E-state index in [0.29, 0.717) is 6.54 Å². The molecule has 7 heteroatoms. The van der Waals surface area contributed by atoms with E-state index in [4.69, 9.17) is 0 Å². The number of para-hydroxylation sites is 1. The van der Waals surface area contributed by atoms with Crippen LogP contribution in [0.1, 0.15) is 16.1 Å². The van der Waals surface area contributed by atoms with Crippen LogP contribution in [0.2, 0.25) is 0 Å². The van der Waals surface area contributed by atoms with Gasteiger partial charge in [-0.3, -0.25) is 4.79 Å². The first-order valence-electron chi connectivity index (χ1n) is 8.06. The van der Waals surface area contributed by atoms with Gasteiger partial charge in [-0.05, 0) is 30.2 Å². The number of carbonyl (C=O) groups excluding carboxylic acids is 1. The van der Waals surface area contributed by atoms with E-state index in [9.17, 15) is 13.6 Å². The summed E-state index contributed by atoms with van der Waals surface area (Å²) >= 11 is 0. The minimum Gasteiger partial charge on any atom is -0.338 e. The first-order valence-corrected chi connectivity index (χ1v) is 8.06. The lowest BCUT2D eigenvalue weighted by atomic mass is 10.2. The Morgan fingerprint density at radius 2 is 1.92 bits per heavy atom. The van der Waals surface area contributed by atoms with Crippen molar-refractivity contribution in [1.82, 2.24) is 9.97 Å². The first-order chi connectivity index (χ1) is 12.6. The number of hydrogen-bond donors (Lipinski definition) is 1. The van der Waals surface area contributed by atoms with Crippen molar-refractivity contribution in [2.24, 2.45) is 0 Å². The molecule has 26 heavy (non-hydrogen) atoms. The van der Waals surface area contributed by atoms with E-state index < -0.39 is 11.6 Å². The van der Waals surface area contributed by atoms with Gasteiger partial charge < -0.3 is 10.2 Å². The highest BCUT2D eigenvalue weighted by Crippen LogP contribution is 2.29. The fourth-order valence-corrected chi connectivity index (χ4v) is 2.96. The van der Waals surface area contributed by atoms with E-state index in [0.717, 1.165) is 29.8 Å². The molecule has 0 fully saturated rings. The van der Waals surface area contributed by atoms with Gasteiger partial charge in [0.15, 0.2) is 0 Å². The smallest absolute Gasteiger partial charge is 0.277 e. The van der Waals surface area contributed by atoms with Gasteiger partial charge in [0.25, 0.3) is 5.91 Å². The molecule has 0 saturated carbocycles. The second-order valence-electron chi connectivity index (χ2n) is 5.87. The quantitative estimate of drug-likeness (QED) is 0.781. The summed E-state index contributed by atoms with van der Waals surface area (Å²) in [6.45, 7) is 0.581. The normalized spacial score (nSPS) is 12.8. The second kappa shape index (κ2) is 6.51. The molecule has 0 radical (unpaired) electrons. The van der Waals surface area contributed by atoms with Gasteiger partial charge in [0.1, 0.15) is 29.5 Å². The molecule has 1 aromatic heterocycles. The monoisotopic (exact) mass is 352 g/mol. The molecule has 2 heterocycles. The SMILES string of the molecule is O=C(c1cc(Nc2ccc(F)cc2F)ncn1)N1CCc2ccccc21. The summed E-state index contributed by atoms with van der Waals surface area (Å²) in [5, 5.41) is 2.74. The van der Waals surface area contributed by atoms with Gasteiger partial charge in [0, 0.05) is 24.4 Å². The second-order valence-corrected chi connectivity index (χ2v) is 5.87. The van der Waals surface area contributed by atoms with Gasteiger partial charge in [-0.1, -0.05) is 18.2 Å². The Bertz CT molecular complexity index is 993. The van der Waals surface area contributed by atoms with Crippen molar-refractivity contribution in [2.75, 3.05) is 16.8 Å². The summed E-state index contributed by atoms with van der Waals surface area (Å²) in [5.41, 5.74) is 2.24. The predicted molar refractivity (Wildman–Crippen MR) is 93.5 cm³/mol. The van der Waals surface area contributed by atoms with Gasteiger partial charge >= 0.3 is 0 Å². The Hall–Kier alpha value is -3.35. The minimum absolute atomic E-state index is 0.0648. The van der Waals surface area contributed by atoms with Gasteiger partial charge in [-0.15, -0.1) is 0 Å². The molecule has 1 aliphatic rings. The number of anilines is 3. The fourth-order valence-electron chi connectivity index (χ4n) is 2.96. The van der Waals surface area contributed by atoms with Crippen LogP contribution in [0.15, 0.2) is 54.9 Å². The zero-order valence-corrected chi connectivity index (χ0v) is 13.6. The lowest BCUT2D eigenvalue weighted by Gasteiger charge is -2.17. The van der Waals surface area contributed by atoms with Crippen molar-refractivity contribution >= 4 is 23.1 Å². The highest BCUT2D eigenvalue weighted by atomic mass is 19.1. The summed E-state index contributed by atoms with van der Waals surface area (Å²) in [6.07, 6.45) is 2.03. The molecule has 1 N–H and O–H groups in total. The van der Waals surface area contributed by atoms with E-state index in [-0.39, 0.29) is 23.1 Å². The molecule has 3 aromatic rings. The molecular weight excluding hydrogens is 338 g/mol. The Morgan fingerprint density at radius 3 is 2.77 bits per heavy atom. The molecule has 0 atom stereocenters. The standard InChI is InChI=1S/C19H14F2N4O/c20-13-5-6-15(14(21)9-13)24-18-10-16(22-11-23-18)19(26)25-8-7-12-3-1-2-4-17(12)25/h1-6,9-11H,7-8H2,(H,22,23,24). The van der Waals surface area contributed by atoms with Crippen LogP contribution in [0.3, 0.4) is 0 Å². The minimum atomic E-state index is -0.745. The summed E-state index contributed by atoms with van der Waals surface area (Å²) in [7, 11) is 0. The van der Waals surface area contributed by atoms with Crippen molar-refractivity contribution in [3.63, 3.8) is 0 Å². The summed E-state index contributed by atoms with van der Waals surface area (Å²) in [5.74, 6) is -1.41. The Labute approximate surface area is 148 Å². The van der Waals surface area contributed by atoms with Crippen LogP contribution in [-0.2, 0) is 6.42 Å². The molecule has 5 nitrogen and oxygen atoms in total. The number of benzene rings is 2. The maximum atomic E-state index is 13.8. The summed E-state index contributed by atoms with van der Waals surface area (Å²) < 4.78 is 26.8. The van der Waals surface area contributed by atoms with Crippen LogP contribution in [0.5, 0.6) is 0 Å². The lowest BCUT2D eigenvalue weighted by Crippen LogP contribution is -2.29. The van der Waals surface area contributed by atoms with E-state index in [1.165, 1.54) is 18.5 Å². The topological polar surface area (TPSA) is 58.1 Å². The summed E-state index contributed by atoms with van der Waals surface area (Å²) in [6, 6.07) is 12.3. The third-order valence-electron chi connectivity index (χ3n) is 4.21. The molecule has 0 bridgehead atoms. The Kier molecular flexibility index (Phi) is 4.04. The van der Waals surface area contributed by atoms with Crippen LogP contribution in [0, 0.1) is 11.6 Å². The fraction of sp³-hybridized carbons (Fsp3) is 0.105. The molecule has 130 valence electrons. The number of amides is 1. The third-order valence-corrected chi connectivity index (χ3v) is 4.21. The molecule has 0 aliphatic carbocycles. The van der Waals surface area contributed by atoms with Crippen molar-refractivity contribution in [1.29, 1.82) is 0 Å². The highest BCUT2D eigenvalue weighted by molar-refractivity contribution is 6.06. The zero-order chi connectivity index (χ0) is 18.1. The van der Waals surface area contributed by atoms with E-state index in [1.807, 2.05) is 24.3 Å². The molecule has 0 spiro atoms. The highest BCUT2D eigenvalue weighted by Gasteiger charge is 2.26. The van der Waals surface area contributed by atoms with Crippen LogP contribution in [-0.4, -0.2) is 22.4 Å². The number of aromatic nitrogens is 2. The molecule has 0 unspecified atom stereocenters. The van der Waals surface area contributed by atoms with Gasteiger partial charge in [0.05, 0.1) is 5.69 Å². The van der Waals surface area contributed by atoms with Gasteiger partial charge in [0.2, 0.25) is 0 Å². The Morgan fingerprint density at radius 1 is 1.08 bits per heavy atom. The molecule has 0 saturated heterocycles. The number of carbonyl (C=O) groups is 1. The number of hydrogen-bond acceptors (Lipinski definition) is 4.